The fourth-order valence-corrected chi connectivity index (χ4v) is 1.98. The second kappa shape index (κ2) is 7.69. The zero-order valence-corrected chi connectivity index (χ0v) is 13.4. The number of pyridine rings is 1. The summed E-state index contributed by atoms with van der Waals surface area (Å²) in [5.41, 5.74) is 1.14. The number of anilines is 1. The van der Waals surface area contributed by atoms with Crippen LogP contribution in [0.2, 0.25) is 0 Å². The van der Waals surface area contributed by atoms with Crippen LogP contribution in [0.5, 0.6) is 17.2 Å². The Bertz CT molecular complexity index is 789. The van der Waals surface area contributed by atoms with Gasteiger partial charge in [-0.3, -0.25) is 5.43 Å². The fraction of sp³-hybridized carbons (Fsp3) is 0.200. The molecule has 0 aliphatic heterocycles. The van der Waals surface area contributed by atoms with Gasteiger partial charge in [-0.15, -0.1) is 0 Å². The average molecular weight is 359 g/mol. The van der Waals surface area contributed by atoms with Crippen molar-refractivity contribution in [3.63, 3.8) is 0 Å². The minimum Gasteiger partial charge on any atom is -0.493 e. The van der Waals surface area contributed by atoms with Gasteiger partial charge in [0.15, 0.2) is 11.5 Å². The van der Waals surface area contributed by atoms with Crippen molar-refractivity contribution in [1.29, 1.82) is 0 Å². The van der Waals surface area contributed by atoms with E-state index in [4.69, 9.17) is 14.2 Å². The van der Waals surface area contributed by atoms with Gasteiger partial charge in [0.1, 0.15) is 5.69 Å². The lowest BCUT2D eigenvalue weighted by Crippen LogP contribution is -2.06. The summed E-state index contributed by atoms with van der Waals surface area (Å²) >= 11 is 0. The van der Waals surface area contributed by atoms with E-state index in [9.17, 15) is 17.6 Å². The predicted molar refractivity (Wildman–Crippen MR) is 81.4 cm³/mol. The summed E-state index contributed by atoms with van der Waals surface area (Å²) in [6.07, 6.45) is 1.12. The van der Waals surface area contributed by atoms with E-state index in [2.05, 4.69) is 10.1 Å². The summed E-state index contributed by atoms with van der Waals surface area (Å²) in [4.78, 5) is 2.44. The number of hydrogen-bond donors (Lipinski definition) is 1. The highest BCUT2D eigenvalue weighted by Crippen LogP contribution is 2.39. The SMILES string of the molecule is COc1ccc(/C=N/Nc2c(F)c(F)nc(F)c2F)c(OC)c1OC. The van der Waals surface area contributed by atoms with Crippen LogP contribution >= 0.6 is 0 Å². The van der Waals surface area contributed by atoms with Crippen molar-refractivity contribution in [3.05, 3.63) is 41.2 Å². The molecule has 0 aliphatic carbocycles. The third-order valence-electron chi connectivity index (χ3n) is 3.11. The zero-order valence-electron chi connectivity index (χ0n) is 13.4. The number of nitrogens with zero attached hydrogens (tertiary/aromatic N) is 2. The van der Waals surface area contributed by atoms with Crippen LogP contribution in [-0.2, 0) is 0 Å². The van der Waals surface area contributed by atoms with Crippen molar-refractivity contribution in [1.82, 2.24) is 4.98 Å². The Morgan fingerprint density at radius 2 is 1.52 bits per heavy atom. The standard InChI is InChI=1S/C15H13F4N3O3/c1-23-8-5-4-7(12(24-2)13(8)25-3)6-20-22-11-9(16)14(18)21-15(19)10(11)17/h4-6H,1-3H3,(H,21,22)/b20-6+. The monoisotopic (exact) mass is 359 g/mol. The molecule has 1 heterocycles. The number of aromatic nitrogens is 1. The van der Waals surface area contributed by atoms with Gasteiger partial charge < -0.3 is 14.2 Å². The van der Waals surface area contributed by atoms with Gasteiger partial charge in [-0.05, 0) is 12.1 Å². The first-order valence-corrected chi connectivity index (χ1v) is 6.72. The predicted octanol–water partition coefficient (Wildman–Crippen LogP) is 3.11. The number of hydrogen-bond acceptors (Lipinski definition) is 6. The van der Waals surface area contributed by atoms with Crippen molar-refractivity contribution in [3.8, 4) is 17.2 Å². The lowest BCUT2D eigenvalue weighted by Gasteiger charge is -2.13. The van der Waals surface area contributed by atoms with Crippen LogP contribution < -0.4 is 19.6 Å². The number of halogens is 4. The van der Waals surface area contributed by atoms with Gasteiger partial charge >= 0.3 is 0 Å². The number of benzene rings is 1. The number of methoxy groups -OCH3 is 3. The largest absolute Gasteiger partial charge is 0.493 e. The molecule has 6 nitrogen and oxygen atoms in total. The lowest BCUT2D eigenvalue weighted by molar-refractivity contribution is 0.324. The van der Waals surface area contributed by atoms with E-state index in [0.717, 1.165) is 6.21 Å². The maximum absolute atomic E-state index is 13.5. The fourth-order valence-electron chi connectivity index (χ4n) is 1.98. The molecular weight excluding hydrogens is 346 g/mol. The molecule has 1 aromatic carbocycles. The number of hydrazone groups is 1. The Balaban J connectivity index is 2.36. The molecule has 0 aliphatic rings. The maximum Gasteiger partial charge on any atom is 0.254 e. The highest BCUT2D eigenvalue weighted by atomic mass is 19.2. The van der Waals surface area contributed by atoms with Gasteiger partial charge in [-0.25, -0.2) is 0 Å². The first kappa shape index (κ1) is 18.3. The summed E-state index contributed by atoms with van der Waals surface area (Å²) in [7, 11) is 4.20. The highest BCUT2D eigenvalue weighted by Gasteiger charge is 2.20. The summed E-state index contributed by atoms with van der Waals surface area (Å²) in [6.45, 7) is 0. The van der Waals surface area contributed by atoms with Gasteiger partial charge in [0.25, 0.3) is 11.9 Å². The van der Waals surface area contributed by atoms with Crippen molar-refractivity contribution >= 4 is 11.9 Å². The van der Waals surface area contributed by atoms with Gasteiger partial charge in [-0.1, -0.05) is 0 Å². The summed E-state index contributed by atoms with van der Waals surface area (Å²) in [5.74, 6) is -6.08. The number of rotatable bonds is 6. The molecule has 0 atom stereocenters. The van der Waals surface area contributed by atoms with Crippen molar-refractivity contribution < 1.29 is 31.8 Å². The van der Waals surface area contributed by atoms with Crippen LogP contribution in [0.25, 0.3) is 0 Å². The van der Waals surface area contributed by atoms with Crippen molar-refractivity contribution in [2.24, 2.45) is 5.10 Å². The van der Waals surface area contributed by atoms with E-state index in [1.807, 2.05) is 5.43 Å². The van der Waals surface area contributed by atoms with Crippen LogP contribution in [0, 0.1) is 23.5 Å². The van der Waals surface area contributed by atoms with Crippen molar-refractivity contribution in [2.75, 3.05) is 26.8 Å². The van der Waals surface area contributed by atoms with Crippen LogP contribution in [-0.4, -0.2) is 32.5 Å². The molecule has 2 aromatic rings. The van der Waals surface area contributed by atoms with E-state index >= 15 is 0 Å². The topological polar surface area (TPSA) is 65.0 Å². The molecule has 0 radical (unpaired) electrons. The third-order valence-corrected chi connectivity index (χ3v) is 3.11. The van der Waals surface area contributed by atoms with E-state index in [0.29, 0.717) is 11.3 Å². The second-order valence-corrected chi connectivity index (χ2v) is 4.49. The zero-order chi connectivity index (χ0) is 18.6. The van der Waals surface area contributed by atoms with Gasteiger partial charge in [0.2, 0.25) is 17.4 Å². The molecule has 0 saturated carbocycles. The smallest absolute Gasteiger partial charge is 0.254 e. The molecule has 0 amide bonds. The molecular formula is C15H13F4N3O3. The van der Waals surface area contributed by atoms with Gasteiger partial charge in [0.05, 0.1) is 27.5 Å². The van der Waals surface area contributed by atoms with Crippen LogP contribution in [0.1, 0.15) is 5.56 Å². The first-order chi connectivity index (χ1) is 11.9. The molecule has 0 spiro atoms. The molecule has 0 saturated heterocycles. The summed E-state index contributed by atoms with van der Waals surface area (Å²) in [5, 5.41) is 3.56. The lowest BCUT2D eigenvalue weighted by atomic mass is 10.2. The van der Waals surface area contributed by atoms with Crippen molar-refractivity contribution in [2.45, 2.75) is 0 Å². The van der Waals surface area contributed by atoms with Crippen LogP contribution in [0.15, 0.2) is 17.2 Å². The van der Waals surface area contributed by atoms with E-state index < -0.39 is 29.2 Å². The number of nitrogens with one attached hydrogen (secondary N) is 1. The molecule has 2 rings (SSSR count). The molecule has 134 valence electrons. The highest BCUT2D eigenvalue weighted by molar-refractivity contribution is 5.86. The van der Waals surface area contributed by atoms with Gasteiger partial charge in [-0.2, -0.15) is 27.6 Å². The molecule has 10 heteroatoms. The molecule has 0 fully saturated rings. The molecule has 0 bridgehead atoms. The Hall–Kier alpha value is -3.04. The van der Waals surface area contributed by atoms with E-state index in [-0.39, 0.29) is 11.5 Å². The average Bonchev–Trinajstić information content (AvgIpc) is 2.61. The van der Waals surface area contributed by atoms with Crippen LogP contribution in [0.3, 0.4) is 0 Å². The molecule has 25 heavy (non-hydrogen) atoms. The quantitative estimate of drug-likeness (QED) is 0.372. The number of ether oxygens (including phenoxy) is 3. The van der Waals surface area contributed by atoms with Crippen LogP contribution in [0.4, 0.5) is 23.2 Å². The summed E-state index contributed by atoms with van der Waals surface area (Å²) in [6, 6.07) is 3.08. The Morgan fingerprint density at radius 1 is 0.920 bits per heavy atom. The first-order valence-electron chi connectivity index (χ1n) is 6.72. The third kappa shape index (κ3) is 3.57. The van der Waals surface area contributed by atoms with Gasteiger partial charge in [0, 0.05) is 5.56 Å². The second-order valence-electron chi connectivity index (χ2n) is 4.49. The molecule has 1 aromatic heterocycles. The molecule has 0 unspecified atom stereocenters. The Labute approximate surface area is 140 Å². The normalized spacial score (nSPS) is 10.8. The van der Waals surface area contributed by atoms with E-state index in [1.54, 1.807) is 6.07 Å². The molecule has 1 N–H and O–H groups in total. The summed E-state index contributed by atoms with van der Waals surface area (Å²) < 4.78 is 68.5. The minimum atomic E-state index is -1.79. The Kier molecular flexibility index (Phi) is 5.63. The maximum atomic E-state index is 13.5. The minimum absolute atomic E-state index is 0.237. The Morgan fingerprint density at radius 3 is 2.04 bits per heavy atom. The van der Waals surface area contributed by atoms with E-state index in [1.165, 1.54) is 27.4 Å².